The Balaban J connectivity index is 2.46. The first-order valence-corrected chi connectivity index (χ1v) is 4.77. The molecule has 0 aliphatic heterocycles. The lowest BCUT2D eigenvalue weighted by molar-refractivity contribution is 0.100. The van der Waals surface area contributed by atoms with Crippen LogP contribution in [0, 0.1) is 0 Å². The Bertz CT molecular complexity index is 701. The summed E-state index contributed by atoms with van der Waals surface area (Å²) in [5.74, 6) is -0.442. The van der Waals surface area contributed by atoms with Crippen molar-refractivity contribution in [2.24, 2.45) is 5.73 Å². The Hall–Kier alpha value is -2.43. The van der Waals surface area contributed by atoms with Crippen molar-refractivity contribution in [3.63, 3.8) is 0 Å². The van der Waals surface area contributed by atoms with Crippen molar-refractivity contribution in [2.75, 3.05) is 0 Å². The molecule has 0 saturated heterocycles. The van der Waals surface area contributed by atoms with Crippen LogP contribution < -0.4 is 5.73 Å². The number of nitrogens with zero attached hydrogens (tertiary/aromatic N) is 2. The first-order valence-electron chi connectivity index (χ1n) is 4.77. The largest absolute Gasteiger partial charge is 0.366 e. The normalized spacial score (nSPS) is 11.0. The van der Waals surface area contributed by atoms with Gasteiger partial charge < -0.3 is 10.7 Å². The van der Waals surface area contributed by atoms with Crippen molar-refractivity contribution in [2.45, 2.75) is 0 Å². The molecule has 0 unspecified atom stereocenters. The molecule has 2 heterocycles. The van der Waals surface area contributed by atoms with Crippen molar-refractivity contribution >= 4 is 27.8 Å². The van der Waals surface area contributed by atoms with Crippen LogP contribution >= 0.6 is 0 Å². The standard InChI is InChI=1S/C11H8N4O/c12-10(16)6-1-2-7-4-13-11-9(8(7)3-6)14-5-15-11/h1-5H,(H2,12,16)(H,13,14,15). The van der Waals surface area contributed by atoms with Gasteiger partial charge in [-0.05, 0) is 12.1 Å². The van der Waals surface area contributed by atoms with Crippen LogP contribution in [-0.2, 0) is 0 Å². The second kappa shape index (κ2) is 3.03. The van der Waals surface area contributed by atoms with Gasteiger partial charge in [0.2, 0.25) is 5.91 Å². The molecular weight excluding hydrogens is 204 g/mol. The third-order valence-electron chi connectivity index (χ3n) is 2.54. The third kappa shape index (κ3) is 1.15. The second-order valence-electron chi connectivity index (χ2n) is 3.52. The Morgan fingerprint density at radius 2 is 2.19 bits per heavy atom. The molecule has 0 fully saturated rings. The summed E-state index contributed by atoms with van der Waals surface area (Å²) in [5, 5.41) is 1.81. The highest BCUT2D eigenvalue weighted by Gasteiger charge is 2.06. The summed E-state index contributed by atoms with van der Waals surface area (Å²) in [6.07, 6.45) is 3.31. The van der Waals surface area contributed by atoms with E-state index in [2.05, 4.69) is 15.0 Å². The number of imidazole rings is 1. The van der Waals surface area contributed by atoms with E-state index in [9.17, 15) is 4.79 Å². The maximum atomic E-state index is 11.1. The number of hydrogen-bond donors (Lipinski definition) is 2. The molecule has 0 aliphatic rings. The molecule has 3 N–H and O–H groups in total. The summed E-state index contributed by atoms with van der Waals surface area (Å²) in [6, 6.07) is 5.24. The predicted molar refractivity (Wildman–Crippen MR) is 59.9 cm³/mol. The number of fused-ring (bicyclic) bond motifs is 3. The minimum atomic E-state index is -0.442. The van der Waals surface area contributed by atoms with Crippen LogP contribution in [0.1, 0.15) is 10.4 Å². The number of pyridine rings is 1. The number of nitrogens with one attached hydrogen (secondary N) is 1. The molecule has 78 valence electrons. The smallest absolute Gasteiger partial charge is 0.248 e. The van der Waals surface area contributed by atoms with Gasteiger partial charge in [-0.25, -0.2) is 9.97 Å². The summed E-state index contributed by atoms with van der Waals surface area (Å²) >= 11 is 0. The van der Waals surface area contributed by atoms with Gasteiger partial charge in [0.15, 0.2) is 5.65 Å². The summed E-state index contributed by atoms with van der Waals surface area (Å²) in [4.78, 5) is 22.4. The maximum absolute atomic E-state index is 11.1. The fourth-order valence-corrected chi connectivity index (χ4v) is 1.74. The van der Waals surface area contributed by atoms with Crippen molar-refractivity contribution in [3.8, 4) is 0 Å². The first-order chi connectivity index (χ1) is 7.75. The molecule has 0 aliphatic carbocycles. The highest BCUT2D eigenvalue weighted by molar-refractivity contribution is 6.05. The summed E-state index contributed by atoms with van der Waals surface area (Å²) in [6.45, 7) is 0. The van der Waals surface area contributed by atoms with Gasteiger partial charge in [-0.15, -0.1) is 0 Å². The third-order valence-corrected chi connectivity index (χ3v) is 2.54. The van der Waals surface area contributed by atoms with Gasteiger partial charge in [0.1, 0.15) is 5.52 Å². The fourth-order valence-electron chi connectivity index (χ4n) is 1.74. The molecule has 0 radical (unpaired) electrons. The zero-order valence-electron chi connectivity index (χ0n) is 8.27. The van der Waals surface area contributed by atoms with Crippen LogP contribution in [-0.4, -0.2) is 20.9 Å². The van der Waals surface area contributed by atoms with Crippen molar-refractivity contribution < 1.29 is 4.79 Å². The van der Waals surface area contributed by atoms with E-state index in [1.54, 1.807) is 24.7 Å². The molecule has 1 amide bonds. The Kier molecular flexibility index (Phi) is 1.67. The number of nitrogens with two attached hydrogens (primary N) is 1. The quantitative estimate of drug-likeness (QED) is 0.635. The molecule has 0 atom stereocenters. The molecule has 0 saturated carbocycles. The lowest BCUT2D eigenvalue weighted by Gasteiger charge is -2.00. The molecule has 5 nitrogen and oxygen atoms in total. The maximum Gasteiger partial charge on any atom is 0.248 e. The van der Waals surface area contributed by atoms with E-state index in [0.29, 0.717) is 11.2 Å². The average Bonchev–Trinajstić information content (AvgIpc) is 2.76. The van der Waals surface area contributed by atoms with E-state index in [1.807, 2.05) is 6.07 Å². The first kappa shape index (κ1) is 8.84. The highest BCUT2D eigenvalue weighted by Crippen LogP contribution is 2.21. The molecule has 3 rings (SSSR count). The van der Waals surface area contributed by atoms with Gasteiger partial charge in [0, 0.05) is 22.5 Å². The average molecular weight is 212 g/mol. The van der Waals surface area contributed by atoms with Crippen LogP contribution in [0.25, 0.3) is 21.9 Å². The zero-order valence-corrected chi connectivity index (χ0v) is 8.27. The van der Waals surface area contributed by atoms with Crippen LogP contribution in [0.3, 0.4) is 0 Å². The number of H-pyrrole nitrogens is 1. The van der Waals surface area contributed by atoms with E-state index in [4.69, 9.17) is 5.73 Å². The lowest BCUT2D eigenvalue weighted by atomic mass is 10.1. The van der Waals surface area contributed by atoms with Gasteiger partial charge in [-0.3, -0.25) is 4.79 Å². The number of hydrogen-bond acceptors (Lipinski definition) is 3. The van der Waals surface area contributed by atoms with Crippen molar-refractivity contribution in [1.29, 1.82) is 0 Å². The van der Waals surface area contributed by atoms with Crippen molar-refractivity contribution in [1.82, 2.24) is 15.0 Å². The van der Waals surface area contributed by atoms with Crippen LogP contribution in [0.2, 0.25) is 0 Å². The summed E-state index contributed by atoms with van der Waals surface area (Å²) in [7, 11) is 0. The number of benzene rings is 1. The summed E-state index contributed by atoms with van der Waals surface area (Å²) < 4.78 is 0. The molecule has 16 heavy (non-hydrogen) atoms. The van der Waals surface area contributed by atoms with E-state index in [0.717, 1.165) is 16.3 Å². The molecule has 3 aromatic rings. The van der Waals surface area contributed by atoms with E-state index in [1.165, 1.54) is 0 Å². The minimum Gasteiger partial charge on any atom is -0.366 e. The van der Waals surface area contributed by atoms with Gasteiger partial charge in [-0.2, -0.15) is 0 Å². The van der Waals surface area contributed by atoms with E-state index < -0.39 is 5.91 Å². The van der Waals surface area contributed by atoms with Gasteiger partial charge >= 0.3 is 0 Å². The second-order valence-corrected chi connectivity index (χ2v) is 3.52. The monoisotopic (exact) mass is 212 g/mol. The van der Waals surface area contributed by atoms with Gasteiger partial charge in [-0.1, -0.05) is 6.07 Å². The molecule has 0 bridgehead atoms. The van der Waals surface area contributed by atoms with Crippen molar-refractivity contribution in [3.05, 3.63) is 36.3 Å². The number of primary amides is 1. The Labute approximate surface area is 90.3 Å². The zero-order chi connectivity index (χ0) is 11.1. The molecular formula is C11H8N4O. The van der Waals surface area contributed by atoms with Gasteiger partial charge in [0.05, 0.1) is 6.33 Å². The van der Waals surface area contributed by atoms with Crippen LogP contribution in [0.15, 0.2) is 30.7 Å². The van der Waals surface area contributed by atoms with Crippen LogP contribution in [0.4, 0.5) is 0 Å². The number of aromatic amines is 1. The number of aromatic nitrogens is 3. The SMILES string of the molecule is NC(=O)c1ccc2cnc3[nH]cnc3c2c1. The number of rotatable bonds is 1. The molecule has 5 heteroatoms. The number of carbonyl (C=O) groups is 1. The fraction of sp³-hybridized carbons (Fsp3) is 0. The highest BCUT2D eigenvalue weighted by atomic mass is 16.1. The van der Waals surface area contributed by atoms with Gasteiger partial charge in [0.25, 0.3) is 0 Å². The minimum absolute atomic E-state index is 0.442. The number of amides is 1. The predicted octanol–water partition coefficient (Wildman–Crippen LogP) is 1.21. The lowest BCUT2D eigenvalue weighted by Crippen LogP contribution is -2.10. The topological polar surface area (TPSA) is 84.7 Å². The Morgan fingerprint density at radius 3 is 3.00 bits per heavy atom. The summed E-state index contributed by atoms with van der Waals surface area (Å²) in [5.41, 5.74) is 7.17. The van der Waals surface area contributed by atoms with Crippen LogP contribution in [0.5, 0.6) is 0 Å². The molecule has 0 spiro atoms. The van der Waals surface area contributed by atoms with E-state index >= 15 is 0 Å². The number of carbonyl (C=O) groups excluding carboxylic acids is 1. The molecule has 1 aromatic carbocycles. The van der Waals surface area contributed by atoms with E-state index in [-0.39, 0.29) is 0 Å². The molecule has 2 aromatic heterocycles. The Morgan fingerprint density at radius 1 is 1.31 bits per heavy atom.